The second-order valence-corrected chi connectivity index (χ2v) is 5.42. The average Bonchev–Trinajstić information content (AvgIpc) is 2.45. The third-order valence-corrected chi connectivity index (χ3v) is 3.92. The summed E-state index contributed by atoms with van der Waals surface area (Å²) < 4.78 is 0. The third kappa shape index (κ3) is 4.52. The lowest BCUT2D eigenvalue weighted by Gasteiger charge is -2.30. The summed E-state index contributed by atoms with van der Waals surface area (Å²) in [5.74, 6) is 0.609. The van der Waals surface area contributed by atoms with Gasteiger partial charge >= 0.3 is 0 Å². The van der Waals surface area contributed by atoms with Crippen LogP contribution in [0.2, 0.25) is 0 Å². The lowest BCUT2D eigenvalue weighted by molar-refractivity contribution is 0.186. The number of nitrogens with zero attached hydrogens (tertiary/aromatic N) is 1. The van der Waals surface area contributed by atoms with E-state index in [2.05, 4.69) is 25.8 Å². The van der Waals surface area contributed by atoms with Crippen LogP contribution in [-0.4, -0.2) is 30.6 Å². The minimum atomic E-state index is 0.318. The molecule has 1 aliphatic rings. The topological polar surface area (TPSA) is 29.3 Å². The molecule has 0 heterocycles. The van der Waals surface area contributed by atoms with Crippen LogP contribution in [0.25, 0.3) is 0 Å². The van der Waals surface area contributed by atoms with Gasteiger partial charge in [-0.15, -0.1) is 0 Å². The Bertz CT molecular complexity index is 160. The molecule has 0 aromatic heterocycles. The van der Waals surface area contributed by atoms with Crippen molar-refractivity contribution < 1.29 is 0 Å². The Kier molecular flexibility index (Phi) is 5.62. The Morgan fingerprint density at radius 1 is 1.13 bits per heavy atom. The average molecular weight is 212 g/mol. The van der Waals surface area contributed by atoms with Crippen molar-refractivity contribution in [3.8, 4) is 0 Å². The van der Waals surface area contributed by atoms with Crippen molar-refractivity contribution in [2.24, 2.45) is 11.7 Å². The van der Waals surface area contributed by atoms with Gasteiger partial charge in [0.05, 0.1) is 0 Å². The molecule has 2 heteroatoms. The SMILES string of the molecule is CC(N)C(C)CN(C)C1CCCCCC1. The van der Waals surface area contributed by atoms with Gasteiger partial charge in [0.2, 0.25) is 0 Å². The van der Waals surface area contributed by atoms with E-state index in [1.165, 1.54) is 38.5 Å². The summed E-state index contributed by atoms with van der Waals surface area (Å²) in [7, 11) is 2.27. The van der Waals surface area contributed by atoms with E-state index < -0.39 is 0 Å². The van der Waals surface area contributed by atoms with Crippen LogP contribution in [-0.2, 0) is 0 Å². The largest absolute Gasteiger partial charge is 0.328 e. The van der Waals surface area contributed by atoms with E-state index in [1.807, 2.05) is 0 Å². The molecule has 2 atom stereocenters. The molecule has 0 radical (unpaired) electrons. The van der Waals surface area contributed by atoms with E-state index in [0.717, 1.165) is 12.6 Å². The fourth-order valence-electron chi connectivity index (χ4n) is 2.47. The van der Waals surface area contributed by atoms with Crippen molar-refractivity contribution in [3.05, 3.63) is 0 Å². The summed E-state index contributed by atoms with van der Waals surface area (Å²) in [5.41, 5.74) is 5.92. The number of rotatable bonds is 4. The van der Waals surface area contributed by atoms with Gasteiger partial charge in [-0.2, -0.15) is 0 Å². The molecule has 15 heavy (non-hydrogen) atoms. The molecule has 0 aromatic carbocycles. The van der Waals surface area contributed by atoms with Crippen LogP contribution in [0.5, 0.6) is 0 Å². The molecule has 1 saturated carbocycles. The van der Waals surface area contributed by atoms with Gasteiger partial charge in [-0.3, -0.25) is 0 Å². The van der Waals surface area contributed by atoms with Gasteiger partial charge in [0, 0.05) is 18.6 Å². The van der Waals surface area contributed by atoms with E-state index in [9.17, 15) is 0 Å². The second-order valence-electron chi connectivity index (χ2n) is 5.42. The molecule has 2 nitrogen and oxygen atoms in total. The van der Waals surface area contributed by atoms with E-state index in [0.29, 0.717) is 12.0 Å². The van der Waals surface area contributed by atoms with Crippen molar-refractivity contribution in [1.82, 2.24) is 4.90 Å². The Morgan fingerprint density at radius 3 is 2.13 bits per heavy atom. The van der Waals surface area contributed by atoms with Crippen LogP contribution in [0.3, 0.4) is 0 Å². The van der Waals surface area contributed by atoms with Gasteiger partial charge < -0.3 is 10.6 Å². The van der Waals surface area contributed by atoms with Gasteiger partial charge in [0.1, 0.15) is 0 Å². The fraction of sp³-hybridized carbons (Fsp3) is 1.00. The Hall–Kier alpha value is -0.0800. The van der Waals surface area contributed by atoms with Crippen LogP contribution in [0, 0.1) is 5.92 Å². The van der Waals surface area contributed by atoms with Crippen molar-refractivity contribution in [2.75, 3.05) is 13.6 Å². The lowest BCUT2D eigenvalue weighted by atomic mass is 10.0. The zero-order valence-electron chi connectivity index (χ0n) is 10.7. The van der Waals surface area contributed by atoms with Crippen molar-refractivity contribution in [3.63, 3.8) is 0 Å². The summed E-state index contributed by atoms with van der Waals surface area (Å²) in [6.45, 7) is 5.53. The molecule has 0 amide bonds. The number of hydrogen-bond donors (Lipinski definition) is 1. The molecule has 2 N–H and O–H groups in total. The first-order chi connectivity index (χ1) is 7.11. The molecule has 1 fully saturated rings. The van der Waals surface area contributed by atoms with Gasteiger partial charge in [0.25, 0.3) is 0 Å². The zero-order chi connectivity index (χ0) is 11.3. The van der Waals surface area contributed by atoms with Gasteiger partial charge in [0.15, 0.2) is 0 Å². The normalized spacial score (nSPS) is 23.8. The molecular weight excluding hydrogens is 184 g/mol. The van der Waals surface area contributed by atoms with E-state index in [4.69, 9.17) is 5.73 Å². The molecule has 0 aromatic rings. The summed E-state index contributed by atoms with van der Waals surface area (Å²) in [6.07, 6.45) is 8.49. The third-order valence-electron chi connectivity index (χ3n) is 3.92. The highest BCUT2D eigenvalue weighted by Gasteiger charge is 2.19. The highest BCUT2D eigenvalue weighted by atomic mass is 15.1. The monoisotopic (exact) mass is 212 g/mol. The van der Waals surface area contributed by atoms with Crippen molar-refractivity contribution >= 4 is 0 Å². The predicted molar refractivity (Wildman–Crippen MR) is 66.9 cm³/mol. The number of hydrogen-bond acceptors (Lipinski definition) is 2. The first-order valence-electron chi connectivity index (χ1n) is 6.57. The van der Waals surface area contributed by atoms with E-state index in [-0.39, 0.29) is 0 Å². The number of nitrogens with two attached hydrogens (primary N) is 1. The van der Waals surface area contributed by atoms with Gasteiger partial charge in [-0.05, 0) is 32.7 Å². The molecule has 0 spiro atoms. The van der Waals surface area contributed by atoms with Crippen molar-refractivity contribution in [1.29, 1.82) is 0 Å². The van der Waals surface area contributed by atoms with Gasteiger partial charge in [-0.1, -0.05) is 32.6 Å². The molecule has 0 bridgehead atoms. The molecule has 1 rings (SSSR count). The maximum absolute atomic E-state index is 5.92. The highest BCUT2D eigenvalue weighted by molar-refractivity contribution is 4.75. The minimum absolute atomic E-state index is 0.318. The molecule has 0 aliphatic heterocycles. The van der Waals surface area contributed by atoms with Crippen LogP contribution in [0.4, 0.5) is 0 Å². The predicted octanol–water partition coefficient (Wildman–Crippen LogP) is 2.62. The molecule has 0 saturated heterocycles. The lowest BCUT2D eigenvalue weighted by Crippen LogP contribution is -2.39. The van der Waals surface area contributed by atoms with Gasteiger partial charge in [-0.25, -0.2) is 0 Å². The summed E-state index contributed by atoms with van der Waals surface area (Å²) >= 11 is 0. The summed E-state index contributed by atoms with van der Waals surface area (Å²) in [6, 6.07) is 1.13. The fourth-order valence-corrected chi connectivity index (χ4v) is 2.47. The molecular formula is C13H28N2. The first kappa shape index (κ1) is 13.0. The highest BCUT2D eigenvalue weighted by Crippen LogP contribution is 2.21. The minimum Gasteiger partial charge on any atom is -0.328 e. The van der Waals surface area contributed by atoms with E-state index >= 15 is 0 Å². The summed E-state index contributed by atoms with van der Waals surface area (Å²) in [4.78, 5) is 2.54. The van der Waals surface area contributed by atoms with Crippen molar-refractivity contribution in [2.45, 2.75) is 64.5 Å². The van der Waals surface area contributed by atoms with Crippen LogP contribution >= 0.6 is 0 Å². The molecule has 90 valence electrons. The second kappa shape index (κ2) is 6.49. The Balaban J connectivity index is 2.33. The van der Waals surface area contributed by atoms with Crippen LogP contribution in [0.1, 0.15) is 52.4 Å². The smallest absolute Gasteiger partial charge is 0.00923 e. The Labute approximate surface area is 95.2 Å². The molecule has 2 unspecified atom stereocenters. The van der Waals surface area contributed by atoms with Crippen LogP contribution in [0.15, 0.2) is 0 Å². The van der Waals surface area contributed by atoms with Crippen LogP contribution < -0.4 is 5.73 Å². The molecule has 1 aliphatic carbocycles. The maximum atomic E-state index is 5.92. The van der Waals surface area contributed by atoms with E-state index in [1.54, 1.807) is 0 Å². The quantitative estimate of drug-likeness (QED) is 0.726. The standard InChI is InChI=1S/C13H28N2/c1-11(12(2)14)10-15(3)13-8-6-4-5-7-9-13/h11-13H,4-10,14H2,1-3H3. The zero-order valence-corrected chi connectivity index (χ0v) is 10.7. The maximum Gasteiger partial charge on any atom is 0.00923 e. The Morgan fingerprint density at radius 2 is 1.67 bits per heavy atom. The summed E-state index contributed by atoms with van der Waals surface area (Å²) in [5, 5.41) is 0. The first-order valence-corrected chi connectivity index (χ1v) is 6.57.